The number of piperazine rings is 1. The van der Waals surface area contributed by atoms with Gasteiger partial charge in [-0.05, 0) is 56.5 Å². The highest BCUT2D eigenvalue weighted by Gasteiger charge is 2.35. The molecule has 5 heteroatoms. The lowest BCUT2D eigenvalue weighted by atomic mass is 10.1. The van der Waals surface area contributed by atoms with Gasteiger partial charge < -0.3 is 14.7 Å². The summed E-state index contributed by atoms with van der Waals surface area (Å²) in [7, 11) is 0. The smallest absolute Gasteiger partial charge is 0.256 e. The lowest BCUT2D eigenvalue weighted by Crippen LogP contribution is -2.57. The Morgan fingerprint density at radius 2 is 1.79 bits per heavy atom. The standard InChI is InChI=1S/C23H27N3O2/c1-17-8-7-9-19(14-17)26-15-18(2)25(16-22(26)27)23(28)20-10-3-4-11-21(20)24-12-5-6-13-24/h3-4,7-11,14,18H,5-6,12-13,15-16H2,1-2H3/t18-/m1/s1. The normalized spacial score (nSPS) is 20.0. The summed E-state index contributed by atoms with van der Waals surface area (Å²) in [6, 6.07) is 15.7. The maximum Gasteiger partial charge on any atom is 0.256 e. The minimum atomic E-state index is -0.0488. The highest BCUT2D eigenvalue weighted by atomic mass is 16.2. The number of hydrogen-bond acceptors (Lipinski definition) is 3. The number of amides is 2. The zero-order valence-corrected chi connectivity index (χ0v) is 16.6. The van der Waals surface area contributed by atoms with Gasteiger partial charge in [0.1, 0.15) is 6.54 Å². The quantitative estimate of drug-likeness (QED) is 0.823. The number of nitrogens with zero attached hydrogens (tertiary/aromatic N) is 3. The number of hydrogen-bond donors (Lipinski definition) is 0. The fraction of sp³-hybridized carbons (Fsp3) is 0.391. The summed E-state index contributed by atoms with van der Waals surface area (Å²) in [4.78, 5) is 32.0. The third-order valence-electron chi connectivity index (χ3n) is 5.74. The van der Waals surface area contributed by atoms with Crippen LogP contribution in [0.5, 0.6) is 0 Å². The Hall–Kier alpha value is -2.82. The second kappa shape index (κ2) is 7.66. The lowest BCUT2D eigenvalue weighted by Gasteiger charge is -2.40. The molecule has 0 bridgehead atoms. The number of rotatable bonds is 3. The molecule has 28 heavy (non-hydrogen) atoms. The van der Waals surface area contributed by atoms with Crippen LogP contribution < -0.4 is 9.80 Å². The van der Waals surface area contributed by atoms with E-state index in [1.165, 1.54) is 0 Å². The molecular weight excluding hydrogens is 350 g/mol. The number of anilines is 2. The average Bonchev–Trinajstić information content (AvgIpc) is 3.23. The summed E-state index contributed by atoms with van der Waals surface area (Å²) >= 11 is 0. The molecule has 146 valence electrons. The zero-order valence-electron chi connectivity index (χ0n) is 16.6. The van der Waals surface area contributed by atoms with Crippen LogP contribution in [0.2, 0.25) is 0 Å². The Morgan fingerprint density at radius 1 is 1.04 bits per heavy atom. The van der Waals surface area contributed by atoms with E-state index < -0.39 is 0 Å². The molecule has 2 saturated heterocycles. The first-order chi connectivity index (χ1) is 13.5. The summed E-state index contributed by atoms with van der Waals surface area (Å²) in [6.45, 7) is 6.64. The zero-order chi connectivity index (χ0) is 19.7. The molecule has 0 N–H and O–H groups in total. The molecule has 2 aliphatic rings. The molecule has 2 aromatic rings. The molecule has 4 rings (SSSR count). The molecule has 2 aromatic carbocycles. The highest BCUT2D eigenvalue weighted by Crippen LogP contribution is 2.28. The van der Waals surface area contributed by atoms with Crippen LogP contribution in [0.15, 0.2) is 48.5 Å². The number of carbonyl (C=O) groups is 2. The van der Waals surface area contributed by atoms with Gasteiger partial charge in [-0.1, -0.05) is 24.3 Å². The van der Waals surface area contributed by atoms with Gasteiger partial charge in [-0.2, -0.15) is 0 Å². The van der Waals surface area contributed by atoms with Gasteiger partial charge in [0.25, 0.3) is 5.91 Å². The van der Waals surface area contributed by atoms with Crippen LogP contribution in [0, 0.1) is 6.92 Å². The van der Waals surface area contributed by atoms with Crippen LogP contribution in [0.1, 0.15) is 35.7 Å². The predicted octanol–water partition coefficient (Wildman–Crippen LogP) is 3.47. The molecule has 0 saturated carbocycles. The fourth-order valence-electron chi connectivity index (χ4n) is 4.21. The maximum atomic E-state index is 13.4. The van der Waals surface area contributed by atoms with Crippen LogP contribution in [0.4, 0.5) is 11.4 Å². The van der Waals surface area contributed by atoms with E-state index in [-0.39, 0.29) is 24.4 Å². The van der Waals surface area contributed by atoms with Gasteiger partial charge in [0, 0.05) is 37.1 Å². The van der Waals surface area contributed by atoms with Crippen molar-refractivity contribution in [1.29, 1.82) is 0 Å². The van der Waals surface area contributed by atoms with Crippen molar-refractivity contribution in [2.75, 3.05) is 36.0 Å². The Balaban J connectivity index is 1.56. The van der Waals surface area contributed by atoms with Crippen molar-refractivity contribution in [3.8, 4) is 0 Å². The van der Waals surface area contributed by atoms with Crippen molar-refractivity contribution in [2.45, 2.75) is 32.7 Å². The van der Waals surface area contributed by atoms with Crippen LogP contribution >= 0.6 is 0 Å². The first-order valence-electron chi connectivity index (χ1n) is 10.1. The van der Waals surface area contributed by atoms with E-state index in [0.717, 1.165) is 42.9 Å². The van der Waals surface area contributed by atoms with Crippen molar-refractivity contribution in [3.05, 3.63) is 59.7 Å². The summed E-state index contributed by atoms with van der Waals surface area (Å²) in [5.41, 5.74) is 3.72. The summed E-state index contributed by atoms with van der Waals surface area (Å²) in [5.74, 6) is -0.0806. The van der Waals surface area contributed by atoms with E-state index in [4.69, 9.17) is 0 Å². The van der Waals surface area contributed by atoms with Crippen LogP contribution in [-0.2, 0) is 4.79 Å². The minimum Gasteiger partial charge on any atom is -0.371 e. The van der Waals surface area contributed by atoms with Crippen molar-refractivity contribution in [2.24, 2.45) is 0 Å². The van der Waals surface area contributed by atoms with Gasteiger partial charge in [-0.25, -0.2) is 0 Å². The topological polar surface area (TPSA) is 43.9 Å². The monoisotopic (exact) mass is 377 g/mol. The first-order valence-corrected chi connectivity index (χ1v) is 10.1. The number of aryl methyl sites for hydroxylation is 1. The molecule has 0 aromatic heterocycles. The maximum absolute atomic E-state index is 13.4. The molecule has 5 nitrogen and oxygen atoms in total. The molecule has 0 aliphatic carbocycles. The SMILES string of the molecule is Cc1cccc(N2C[C@@H](C)N(C(=O)c3ccccc3N3CCCC3)CC2=O)c1. The molecule has 2 aliphatic heterocycles. The van der Waals surface area contributed by atoms with E-state index in [9.17, 15) is 9.59 Å². The van der Waals surface area contributed by atoms with Gasteiger partial charge in [-0.3, -0.25) is 9.59 Å². The minimum absolute atomic E-state index is 0.0318. The van der Waals surface area contributed by atoms with Gasteiger partial charge in [0.05, 0.1) is 5.56 Å². The van der Waals surface area contributed by atoms with Crippen LogP contribution in [-0.4, -0.2) is 48.9 Å². The molecular formula is C23H27N3O2. The van der Waals surface area contributed by atoms with Crippen molar-refractivity contribution >= 4 is 23.2 Å². The Morgan fingerprint density at radius 3 is 2.54 bits per heavy atom. The Bertz CT molecular complexity index is 889. The van der Waals surface area contributed by atoms with Gasteiger partial charge >= 0.3 is 0 Å². The predicted molar refractivity (Wildman–Crippen MR) is 112 cm³/mol. The highest BCUT2D eigenvalue weighted by molar-refractivity contribution is 6.04. The van der Waals surface area contributed by atoms with Crippen molar-refractivity contribution in [1.82, 2.24) is 4.90 Å². The summed E-state index contributed by atoms with van der Waals surface area (Å²) in [6.07, 6.45) is 2.32. The largest absolute Gasteiger partial charge is 0.371 e. The molecule has 0 unspecified atom stereocenters. The lowest BCUT2D eigenvalue weighted by molar-refractivity contribution is -0.121. The van der Waals surface area contributed by atoms with E-state index in [1.54, 1.807) is 9.80 Å². The third kappa shape index (κ3) is 3.49. The molecule has 1 atom stereocenters. The first kappa shape index (κ1) is 18.5. The van der Waals surface area contributed by atoms with Gasteiger partial charge in [0.15, 0.2) is 0 Å². The summed E-state index contributed by atoms with van der Waals surface area (Å²) in [5, 5.41) is 0. The molecule has 2 heterocycles. The number of benzene rings is 2. The second-order valence-corrected chi connectivity index (χ2v) is 7.84. The molecule has 2 amide bonds. The van der Waals surface area contributed by atoms with Gasteiger partial charge in [-0.15, -0.1) is 0 Å². The van der Waals surface area contributed by atoms with E-state index in [1.807, 2.05) is 62.4 Å². The van der Waals surface area contributed by atoms with Gasteiger partial charge in [0.2, 0.25) is 5.91 Å². The average molecular weight is 377 g/mol. The Kier molecular flexibility index (Phi) is 5.07. The van der Waals surface area contributed by atoms with E-state index >= 15 is 0 Å². The van der Waals surface area contributed by atoms with E-state index in [2.05, 4.69) is 4.90 Å². The van der Waals surface area contributed by atoms with E-state index in [0.29, 0.717) is 12.1 Å². The van der Waals surface area contributed by atoms with Crippen molar-refractivity contribution in [3.63, 3.8) is 0 Å². The van der Waals surface area contributed by atoms with Crippen LogP contribution in [0.3, 0.4) is 0 Å². The molecule has 0 spiro atoms. The summed E-state index contributed by atoms with van der Waals surface area (Å²) < 4.78 is 0. The second-order valence-electron chi connectivity index (χ2n) is 7.84. The molecule has 0 radical (unpaired) electrons. The van der Waals surface area contributed by atoms with Crippen molar-refractivity contribution < 1.29 is 9.59 Å². The van der Waals surface area contributed by atoms with Crippen LogP contribution in [0.25, 0.3) is 0 Å². The third-order valence-corrected chi connectivity index (χ3v) is 5.74. The number of carbonyl (C=O) groups excluding carboxylic acids is 2. The number of para-hydroxylation sites is 1. The fourth-order valence-corrected chi connectivity index (χ4v) is 4.21. The Labute approximate surface area is 166 Å². The molecule has 2 fully saturated rings.